The maximum atomic E-state index is 13.0. The fourth-order valence-electron chi connectivity index (χ4n) is 4.15. The van der Waals surface area contributed by atoms with E-state index >= 15 is 0 Å². The number of ether oxygens (including phenoxy) is 3. The van der Waals surface area contributed by atoms with Gasteiger partial charge >= 0.3 is 5.97 Å². The van der Waals surface area contributed by atoms with Crippen molar-refractivity contribution in [2.75, 3.05) is 6.61 Å². The SMILES string of the molecule is CCCCCCOc1ccc(C(=O)Oc2ccc3c(=O)c(Oc4ccc5ccccc5c4)coc3c2)cc1. The third-order valence-corrected chi connectivity index (χ3v) is 6.23. The smallest absolute Gasteiger partial charge is 0.343 e. The van der Waals surface area contributed by atoms with Crippen molar-refractivity contribution in [1.82, 2.24) is 0 Å². The molecule has 0 saturated heterocycles. The molecule has 38 heavy (non-hydrogen) atoms. The summed E-state index contributed by atoms with van der Waals surface area (Å²) in [6, 6.07) is 25.0. The van der Waals surface area contributed by atoms with Crippen LogP contribution in [0.25, 0.3) is 21.7 Å². The quantitative estimate of drug-likeness (QED) is 0.108. The molecule has 6 nitrogen and oxygen atoms in total. The molecule has 4 aromatic carbocycles. The Labute approximate surface area is 220 Å². The highest BCUT2D eigenvalue weighted by Gasteiger charge is 2.13. The molecule has 0 aliphatic heterocycles. The van der Waals surface area contributed by atoms with E-state index in [1.54, 1.807) is 42.5 Å². The van der Waals surface area contributed by atoms with Crippen molar-refractivity contribution in [3.05, 3.63) is 107 Å². The van der Waals surface area contributed by atoms with Crippen LogP contribution in [0.3, 0.4) is 0 Å². The molecule has 0 amide bonds. The van der Waals surface area contributed by atoms with Crippen LogP contribution in [0, 0.1) is 0 Å². The molecule has 0 fully saturated rings. The lowest BCUT2D eigenvalue weighted by molar-refractivity contribution is 0.0735. The number of fused-ring (bicyclic) bond motifs is 2. The van der Waals surface area contributed by atoms with Gasteiger partial charge in [0.2, 0.25) is 11.2 Å². The molecule has 1 heterocycles. The molecule has 5 rings (SSSR count). The van der Waals surface area contributed by atoms with Gasteiger partial charge in [-0.3, -0.25) is 4.79 Å². The first kappa shape index (κ1) is 25.1. The van der Waals surface area contributed by atoms with Gasteiger partial charge in [-0.25, -0.2) is 4.79 Å². The van der Waals surface area contributed by atoms with Crippen molar-refractivity contribution in [3.8, 4) is 23.0 Å². The number of carbonyl (C=O) groups is 1. The van der Waals surface area contributed by atoms with Crippen LogP contribution >= 0.6 is 0 Å². The lowest BCUT2D eigenvalue weighted by atomic mass is 10.1. The molecule has 6 heteroatoms. The van der Waals surface area contributed by atoms with Crippen LogP contribution in [0.5, 0.6) is 23.0 Å². The van der Waals surface area contributed by atoms with E-state index in [9.17, 15) is 9.59 Å². The summed E-state index contributed by atoms with van der Waals surface area (Å²) in [4.78, 5) is 25.6. The predicted octanol–water partition coefficient (Wildman–Crippen LogP) is 7.92. The number of unbranched alkanes of at least 4 members (excludes halogenated alkanes) is 3. The number of carbonyl (C=O) groups excluding carboxylic acids is 1. The second kappa shape index (κ2) is 11.6. The average molecular weight is 509 g/mol. The summed E-state index contributed by atoms with van der Waals surface area (Å²) in [6.45, 7) is 2.83. The summed E-state index contributed by atoms with van der Waals surface area (Å²) in [5.41, 5.74) is 0.365. The molecule has 0 radical (unpaired) electrons. The van der Waals surface area contributed by atoms with Crippen molar-refractivity contribution in [2.24, 2.45) is 0 Å². The molecule has 0 unspecified atom stereocenters. The first-order chi connectivity index (χ1) is 18.6. The Kier molecular flexibility index (Phi) is 7.69. The number of esters is 1. The fourth-order valence-corrected chi connectivity index (χ4v) is 4.15. The average Bonchev–Trinajstić information content (AvgIpc) is 2.95. The Morgan fingerprint density at radius 3 is 2.37 bits per heavy atom. The largest absolute Gasteiger partial charge is 0.494 e. The summed E-state index contributed by atoms with van der Waals surface area (Å²) in [5.74, 6) is 1.08. The molecular formula is C32H28O6. The lowest BCUT2D eigenvalue weighted by Crippen LogP contribution is -2.09. The molecule has 0 atom stereocenters. The fraction of sp³-hybridized carbons (Fsp3) is 0.188. The second-order valence-corrected chi connectivity index (χ2v) is 9.02. The van der Waals surface area contributed by atoms with Gasteiger partial charge in [0.25, 0.3) is 0 Å². The molecule has 1 aromatic heterocycles. The Bertz CT molecular complexity index is 1620. The van der Waals surface area contributed by atoms with Gasteiger partial charge in [0.05, 0.1) is 17.6 Å². The highest BCUT2D eigenvalue weighted by Crippen LogP contribution is 2.27. The van der Waals surface area contributed by atoms with Gasteiger partial charge in [-0.05, 0) is 65.7 Å². The van der Waals surface area contributed by atoms with Crippen molar-refractivity contribution in [2.45, 2.75) is 32.6 Å². The van der Waals surface area contributed by atoms with Crippen LogP contribution in [-0.4, -0.2) is 12.6 Å². The number of hydrogen-bond donors (Lipinski definition) is 0. The molecule has 5 aromatic rings. The minimum absolute atomic E-state index is 0.0743. The second-order valence-electron chi connectivity index (χ2n) is 9.02. The first-order valence-electron chi connectivity index (χ1n) is 12.8. The highest BCUT2D eigenvalue weighted by atomic mass is 16.5. The van der Waals surface area contributed by atoms with Crippen LogP contribution in [0.2, 0.25) is 0 Å². The molecule has 192 valence electrons. The maximum absolute atomic E-state index is 13.0. The van der Waals surface area contributed by atoms with E-state index in [1.165, 1.54) is 25.2 Å². The standard InChI is InChI=1S/C32H28O6/c1-2-3-4-7-18-35-25-13-11-23(12-14-25)32(34)38-27-16-17-28-29(20-27)36-21-30(31(28)33)37-26-15-10-22-8-5-6-9-24(22)19-26/h5-6,8-17,19-21H,2-4,7,18H2,1H3. The predicted molar refractivity (Wildman–Crippen MR) is 148 cm³/mol. The van der Waals surface area contributed by atoms with E-state index in [0.717, 1.165) is 23.6 Å². The van der Waals surface area contributed by atoms with E-state index in [2.05, 4.69) is 6.92 Å². The van der Waals surface area contributed by atoms with Crippen molar-refractivity contribution < 1.29 is 23.4 Å². The zero-order valence-corrected chi connectivity index (χ0v) is 21.1. The maximum Gasteiger partial charge on any atom is 0.343 e. The van der Waals surface area contributed by atoms with E-state index in [1.807, 2.05) is 36.4 Å². The minimum Gasteiger partial charge on any atom is -0.494 e. The Balaban J connectivity index is 1.25. The van der Waals surface area contributed by atoms with Gasteiger partial charge in [-0.15, -0.1) is 0 Å². The number of hydrogen-bond acceptors (Lipinski definition) is 6. The highest BCUT2D eigenvalue weighted by molar-refractivity contribution is 5.92. The zero-order chi connectivity index (χ0) is 26.3. The normalized spacial score (nSPS) is 11.0. The van der Waals surface area contributed by atoms with Crippen LogP contribution in [-0.2, 0) is 0 Å². The molecule has 0 bridgehead atoms. The van der Waals surface area contributed by atoms with Gasteiger partial charge < -0.3 is 18.6 Å². The summed E-state index contributed by atoms with van der Waals surface area (Å²) in [6.07, 6.45) is 5.80. The third kappa shape index (κ3) is 5.86. The number of rotatable bonds is 10. The molecule has 0 saturated carbocycles. The van der Waals surface area contributed by atoms with E-state index in [-0.39, 0.29) is 22.5 Å². The van der Waals surface area contributed by atoms with Gasteiger partial charge in [0.1, 0.15) is 29.1 Å². The van der Waals surface area contributed by atoms with Crippen LogP contribution in [0.1, 0.15) is 43.0 Å². The van der Waals surface area contributed by atoms with Crippen LogP contribution < -0.4 is 19.6 Å². The summed E-state index contributed by atoms with van der Waals surface area (Å²) in [7, 11) is 0. The summed E-state index contributed by atoms with van der Waals surface area (Å²) < 4.78 is 22.7. The monoisotopic (exact) mass is 508 g/mol. The van der Waals surface area contributed by atoms with E-state index in [4.69, 9.17) is 18.6 Å². The Hall–Kier alpha value is -4.58. The first-order valence-corrected chi connectivity index (χ1v) is 12.8. The molecule has 0 aliphatic carbocycles. The molecule has 0 N–H and O–H groups in total. The molecular weight excluding hydrogens is 480 g/mol. The number of benzene rings is 4. The van der Waals surface area contributed by atoms with Gasteiger partial charge in [-0.1, -0.05) is 56.5 Å². The van der Waals surface area contributed by atoms with Gasteiger partial charge in [0.15, 0.2) is 0 Å². The van der Waals surface area contributed by atoms with Crippen LogP contribution in [0.15, 0.2) is 100 Å². The van der Waals surface area contributed by atoms with Gasteiger partial charge in [-0.2, -0.15) is 0 Å². The minimum atomic E-state index is -0.516. The van der Waals surface area contributed by atoms with Crippen molar-refractivity contribution >= 4 is 27.7 Å². The van der Waals surface area contributed by atoms with Crippen LogP contribution in [0.4, 0.5) is 0 Å². The summed E-state index contributed by atoms with van der Waals surface area (Å²) in [5, 5.41) is 2.41. The van der Waals surface area contributed by atoms with Crippen molar-refractivity contribution in [3.63, 3.8) is 0 Å². The van der Waals surface area contributed by atoms with Gasteiger partial charge in [0, 0.05) is 6.07 Å². The van der Waals surface area contributed by atoms with E-state index < -0.39 is 5.97 Å². The zero-order valence-electron chi connectivity index (χ0n) is 21.1. The summed E-state index contributed by atoms with van der Waals surface area (Å²) >= 11 is 0. The third-order valence-electron chi connectivity index (χ3n) is 6.23. The molecule has 0 spiro atoms. The van der Waals surface area contributed by atoms with Crippen molar-refractivity contribution in [1.29, 1.82) is 0 Å². The Morgan fingerprint density at radius 1 is 0.789 bits per heavy atom. The lowest BCUT2D eigenvalue weighted by Gasteiger charge is -2.09. The molecule has 0 aliphatic rings. The van der Waals surface area contributed by atoms with E-state index in [0.29, 0.717) is 29.1 Å². The topological polar surface area (TPSA) is 75.0 Å². The Morgan fingerprint density at radius 2 is 1.55 bits per heavy atom.